The van der Waals surface area contributed by atoms with Crippen molar-refractivity contribution in [3.8, 4) is 11.5 Å². The van der Waals surface area contributed by atoms with E-state index in [1.54, 1.807) is 48.5 Å². The van der Waals surface area contributed by atoms with E-state index in [1.165, 1.54) is 54.5 Å². The third-order valence-electron chi connectivity index (χ3n) is 7.59. The summed E-state index contributed by atoms with van der Waals surface area (Å²) in [4.78, 5) is 61.3. The standard InChI is InChI=1S/C38H37F2N5O6/c1-5-18-44(28-9-13-30(50-3)14-10-28)34(46)24-42-36(47)32-8-7-17-41-35(32)37(48)43-33(22-25-20-26(39)23-27(40)21-25)38(49)45(19-6-2)29-11-15-31(51-4)16-12-29/h5-17,20-21,23,33H,1-2,18-19,22,24H2,3-4H3,(H,42,47)(H,43,48)/t33-/m0/s1. The number of carbonyl (C=O) groups is 4. The number of amides is 4. The molecule has 0 bridgehead atoms. The van der Waals surface area contributed by atoms with Gasteiger partial charge in [0.1, 0.15) is 34.9 Å². The first-order chi connectivity index (χ1) is 24.6. The highest BCUT2D eigenvalue weighted by atomic mass is 19.1. The van der Waals surface area contributed by atoms with E-state index in [4.69, 9.17) is 9.47 Å². The molecule has 0 aliphatic heterocycles. The number of nitrogens with one attached hydrogen (secondary N) is 2. The van der Waals surface area contributed by atoms with E-state index >= 15 is 0 Å². The first-order valence-electron chi connectivity index (χ1n) is 15.7. The molecule has 4 rings (SSSR count). The molecule has 4 amide bonds. The maximum Gasteiger partial charge on any atom is 0.271 e. The summed E-state index contributed by atoms with van der Waals surface area (Å²) in [5, 5.41) is 5.14. The highest BCUT2D eigenvalue weighted by Crippen LogP contribution is 2.22. The average Bonchev–Trinajstić information content (AvgIpc) is 3.14. The van der Waals surface area contributed by atoms with Crippen LogP contribution in [0.4, 0.5) is 20.2 Å². The van der Waals surface area contributed by atoms with Gasteiger partial charge in [0.05, 0.1) is 26.3 Å². The summed E-state index contributed by atoms with van der Waals surface area (Å²) in [5.74, 6) is -3.37. The van der Waals surface area contributed by atoms with Crippen LogP contribution in [0.2, 0.25) is 0 Å². The number of hydrogen-bond acceptors (Lipinski definition) is 7. The molecule has 2 N–H and O–H groups in total. The third-order valence-corrected chi connectivity index (χ3v) is 7.59. The molecule has 0 unspecified atom stereocenters. The van der Waals surface area contributed by atoms with Gasteiger partial charge in [0.2, 0.25) is 11.8 Å². The largest absolute Gasteiger partial charge is 0.497 e. The summed E-state index contributed by atoms with van der Waals surface area (Å²) in [7, 11) is 3.02. The Morgan fingerprint density at radius 1 is 0.804 bits per heavy atom. The van der Waals surface area contributed by atoms with Gasteiger partial charge in [0.15, 0.2) is 0 Å². The lowest BCUT2D eigenvalue weighted by Gasteiger charge is -2.27. The van der Waals surface area contributed by atoms with Crippen LogP contribution >= 0.6 is 0 Å². The fourth-order valence-electron chi connectivity index (χ4n) is 5.15. The van der Waals surface area contributed by atoms with Crippen molar-refractivity contribution in [2.45, 2.75) is 12.5 Å². The predicted octanol–water partition coefficient (Wildman–Crippen LogP) is 4.89. The van der Waals surface area contributed by atoms with Crippen LogP contribution in [0.5, 0.6) is 11.5 Å². The van der Waals surface area contributed by atoms with Gasteiger partial charge in [-0.2, -0.15) is 0 Å². The normalized spacial score (nSPS) is 11.1. The molecular formula is C38H37F2N5O6. The van der Waals surface area contributed by atoms with Gasteiger partial charge in [-0.1, -0.05) is 12.2 Å². The Balaban J connectivity index is 1.58. The lowest BCUT2D eigenvalue weighted by atomic mass is 10.0. The molecule has 0 saturated heterocycles. The van der Waals surface area contributed by atoms with E-state index in [0.717, 1.165) is 12.1 Å². The number of methoxy groups -OCH3 is 2. The minimum Gasteiger partial charge on any atom is -0.497 e. The second-order valence-electron chi connectivity index (χ2n) is 11.0. The molecule has 0 spiro atoms. The summed E-state index contributed by atoms with van der Waals surface area (Å²) in [5.41, 5.74) is 0.559. The van der Waals surface area contributed by atoms with Gasteiger partial charge >= 0.3 is 0 Å². The summed E-state index contributed by atoms with van der Waals surface area (Å²) < 4.78 is 38.7. The fraction of sp³-hybridized carbons (Fsp3) is 0.184. The lowest BCUT2D eigenvalue weighted by molar-refractivity contribution is -0.120. The molecule has 1 aromatic heterocycles. The lowest BCUT2D eigenvalue weighted by Crippen LogP contribution is -2.50. The van der Waals surface area contributed by atoms with E-state index in [2.05, 4.69) is 28.8 Å². The van der Waals surface area contributed by atoms with E-state index in [1.807, 2.05) is 0 Å². The number of anilines is 2. The molecule has 0 aliphatic carbocycles. The summed E-state index contributed by atoms with van der Waals surface area (Å²) >= 11 is 0. The van der Waals surface area contributed by atoms with Crippen LogP contribution in [0.15, 0.2) is 110 Å². The van der Waals surface area contributed by atoms with Gasteiger partial charge in [0, 0.05) is 43.1 Å². The van der Waals surface area contributed by atoms with Crippen molar-refractivity contribution in [2.24, 2.45) is 0 Å². The molecule has 51 heavy (non-hydrogen) atoms. The van der Waals surface area contributed by atoms with Crippen LogP contribution in [-0.4, -0.2) is 68.5 Å². The molecule has 13 heteroatoms. The molecular weight excluding hydrogens is 660 g/mol. The molecule has 0 radical (unpaired) electrons. The number of halogens is 2. The van der Waals surface area contributed by atoms with E-state index in [0.29, 0.717) is 28.9 Å². The number of hydrogen-bond donors (Lipinski definition) is 2. The Morgan fingerprint density at radius 2 is 1.35 bits per heavy atom. The number of ether oxygens (including phenoxy) is 2. The molecule has 1 heterocycles. The maximum atomic E-state index is 14.2. The van der Waals surface area contributed by atoms with Crippen molar-refractivity contribution >= 4 is 35.0 Å². The van der Waals surface area contributed by atoms with Crippen LogP contribution in [-0.2, 0) is 16.0 Å². The van der Waals surface area contributed by atoms with E-state index < -0.39 is 47.8 Å². The highest BCUT2D eigenvalue weighted by molar-refractivity contribution is 6.09. The molecule has 11 nitrogen and oxygen atoms in total. The van der Waals surface area contributed by atoms with Crippen LogP contribution in [0.1, 0.15) is 26.4 Å². The first-order valence-corrected chi connectivity index (χ1v) is 15.7. The quantitative estimate of drug-likeness (QED) is 0.160. The Morgan fingerprint density at radius 3 is 1.90 bits per heavy atom. The summed E-state index contributed by atoms with van der Waals surface area (Å²) in [6.45, 7) is 7.18. The van der Waals surface area contributed by atoms with Gasteiger partial charge < -0.3 is 29.9 Å². The average molecular weight is 698 g/mol. The topological polar surface area (TPSA) is 130 Å². The maximum absolute atomic E-state index is 14.2. The van der Waals surface area contributed by atoms with Gasteiger partial charge in [0.25, 0.3) is 11.8 Å². The number of rotatable bonds is 16. The van der Waals surface area contributed by atoms with Crippen LogP contribution < -0.4 is 29.9 Å². The van der Waals surface area contributed by atoms with Crippen molar-refractivity contribution in [3.05, 3.63) is 139 Å². The first kappa shape index (κ1) is 37.4. The molecule has 0 fully saturated rings. The zero-order valence-corrected chi connectivity index (χ0v) is 28.1. The van der Waals surface area contributed by atoms with E-state index in [-0.39, 0.29) is 36.3 Å². The van der Waals surface area contributed by atoms with Crippen LogP contribution in [0, 0.1) is 11.6 Å². The van der Waals surface area contributed by atoms with Crippen molar-refractivity contribution in [2.75, 3.05) is 43.7 Å². The van der Waals surface area contributed by atoms with Gasteiger partial charge in [-0.05, 0) is 78.4 Å². The number of pyridine rings is 1. The second kappa shape index (κ2) is 17.9. The summed E-state index contributed by atoms with van der Waals surface area (Å²) in [6, 6.07) is 17.5. The Hall–Kier alpha value is -6.37. The van der Waals surface area contributed by atoms with Crippen LogP contribution in [0.25, 0.3) is 0 Å². The second-order valence-corrected chi connectivity index (χ2v) is 11.0. The molecule has 264 valence electrons. The van der Waals surface area contributed by atoms with Gasteiger partial charge in [-0.15, -0.1) is 13.2 Å². The molecule has 0 aliphatic rings. The smallest absolute Gasteiger partial charge is 0.271 e. The predicted molar refractivity (Wildman–Crippen MR) is 189 cm³/mol. The fourth-order valence-corrected chi connectivity index (χ4v) is 5.15. The monoisotopic (exact) mass is 697 g/mol. The highest BCUT2D eigenvalue weighted by Gasteiger charge is 2.30. The minimum atomic E-state index is -1.38. The molecule has 3 aromatic carbocycles. The number of aromatic nitrogens is 1. The number of nitrogens with zero attached hydrogens (tertiary/aromatic N) is 3. The SMILES string of the molecule is C=CCN(C(=O)CNC(=O)c1cccnc1C(=O)N[C@@H](Cc1cc(F)cc(F)c1)C(=O)N(CC=C)c1ccc(OC)cc1)c1ccc(OC)cc1. The van der Waals surface area contributed by atoms with E-state index in [9.17, 15) is 28.0 Å². The zero-order chi connectivity index (χ0) is 36.9. The van der Waals surface area contributed by atoms with Crippen molar-refractivity contribution in [3.63, 3.8) is 0 Å². The van der Waals surface area contributed by atoms with Gasteiger partial charge in [-0.25, -0.2) is 8.78 Å². The zero-order valence-electron chi connectivity index (χ0n) is 28.1. The van der Waals surface area contributed by atoms with Crippen molar-refractivity contribution in [1.82, 2.24) is 15.6 Å². The number of carbonyl (C=O) groups excluding carboxylic acids is 4. The molecule has 1 atom stereocenters. The van der Waals surface area contributed by atoms with Crippen LogP contribution in [0.3, 0.4) is 0 Å². The Kier molecular flexibility index (Phi) is 13.1. The Labute approximate surface area is 294 Å². The summed E-state index contributed by atoms with van der Waals surface area (Å²) in [6.07, 6.45) is 3.99. The minimum absolute atomic E-state index is 0.0275. The molecule has 4 aromatic rings. The Bertz CT molecular complexity index is 1860. The van der Waals surface area contributed by atoms with Gasteiger partial charge in [-0.3, -0.25) is 24.2 Å². The molecule has 0 saturated carbocycles. The van der Waals surface area contributed by atoms with Crippen molar-refractivity contribution < 1.29 is 37.4 Å². The van der Waals surface area contributed by atoms with Crippen molar-refractivity contribution in [1.29, 1.82) is 0 Å². The number of benzene rings is 3. The third kappa shape index (κ3) is 9.85.